The Bertz CT molecular complexity index is 2140. The van der Waals surface area contributed by atoms with E-state index in [1.165, 1.54) is 31.3 Å². The van der Waals surface area contributed by atoms with Crippen LogP contribution < -0.4 is 4.90 Å². The summed E-state index contributed by atoms with van der Waals surface area (Å²) in [5, 5.41) is 4.85. The maximum atomic E-state index is 6.30. The maximum Gasteiger partial charge on any atom is 0.137 e. The SMILES string of the molecule is c1ccc(N(c2ccccc2-c2cccc3sc4ccccc4c23)c2cccc3oc4ccccc4c23)cc1. The number of nitrogens with zero attached hydrogens (tertiary/aromatic N) is 1. The zero-order chi connectivity index (χ0) is 25.8. The van der Waals surface area contributed by atoms with Gasteiger partial charge in [0, 0.05) is 36.8 Å². The van der Waals surface area contributed by atoms with Gasteiger partial charge in [0.15, 0.2) is 0 Å². The van der Waals surface area contributed by atoms with Gasteiger partial charge < -0.3 is 9.32 Å². The van der Waals surface area contributed by atoms with Gasteiger partial charge in [0.25, 0.3) is 0 Å². The molecule has 0 bridgehead atoms. The fourth-order valence-corrected chi connectivity index (χ4v) is 6.95. The molecule has 0 saturated heterocycles. The first-order valence-corrected chi connectivity index (χ1v) is 13.9. The maximum absolute atomic E-state index is 6.30. The predicted octanol–water partition coefficient (Wildman–Crippen LogP) is 11.1. The Labute approximate surface area is 230 Å². The van der Waals surface area contributed by atoms with Crippen LogP contribution >= 0.6 is 11.3 Å². The van der Waals surface area contributed by atoms with Gasteiger partial charge in [-0.2, -0.15) is 0 Å². The number of rotatable bonds is 4. The number of benzene rings is 6. The first-order chi connectivity index (χ1) is 19.4. The molecule has 0 aliphatic rings. The third kappa shape index (κ3) is 3.48. The molecule has 0 saturated carbocycles. The standard InChI is InChI=1S/C36H23NOS/c1-2-12-24(13-3-1)37(30-19-11-21-32-36(30)27-15-5-8-20-31(27)38-32)29-18-7-4-14-25(29)26-17-10-23-34-35(26)28-16-6-9-22-33(28)39-34/h1-23H. The van der Waals surface area contributed by atoms with E-state index in [1.54, 1.807) is 0 Å². The van der Waals surface area contributed by atoms with Crippen LogP contribution in [0.25, 0.3) is 53.2 Å². The lowest BCUT2D eigenvalue weighted by molar-refractivity contribution is 0.669. The van der Waals surface area contributed by atoms with E-state index >= 15 is 0 Å². The average Bonchev–Trinajstić information content (AvgIpc) is 3.57. The summed E-state index contributed by atoms with van der Waals surface area (Å²) >= 11 is 1.86. The number of fused-ring (bicyclic) bond motifs is 6. The van der Waals surface area contributed by atoms with E-state index in [0.717, 1.165) is 39.0 Å². The summed E-state index contributed by atoms with van der Waals surface area (Å²) < 4.78 is 8.92. The lowest BCUT2D eigenvalue weighted by Crippen LogP contribution is -2.11. The Kier molecular flexibility index (Phi) is 5.04. The molecular formula is C36H23NOS. The van der Waals surface area contributed by atoms with Crippen molar-refractivity contribution < 1.29 is 4.42 Å². The molecule has 8 rings (SSSR count). The Morgan fingerprint density at radius 2 is 1.08 bits per heavy atom. The van der Waals surface area contributed by atoms with E-state index in [4.69, 9.17) is 4.42 Å². The monoisotopic (exact) mass is 517 g/mol. The van der Waals surface area contributed by atoms with Crippen LogP contribution in [0.2, 0.25) is 0 Å². The van der Waals surface area contributed by atoms with Crippen molar-refractivity contribution in [1.82, 2.24) is 0 Å². The van der Waals surface area contributed by atoms with Crippen LogP contribution in [-0.4, -0.2) is 0 Å². The van der Waals surface area contributed by atoms with Gasteiger partial charge in [-0.3, -0.25) is 0 Å². The summed E-state index contributed by atoms with van der Waals surface area (Å²) in [6.45, 7) is 0. The highest BCUT2D eigenvalue weighted by Gasteiger charge is 2.22. The molecule has 2 aromatic heterocycles. The highest BCUT2D eigenvalue weighted by molar-refractivity contribution is 7.25. The Balaban J connectivity index is 1.46. The van der Waals surface area contributed by atoms with E-state index in [0.29, 0.717) is 0 Å². The third-order valence-electron chi connectivity index (χ3n) is 7.47. The van der Waals surface area contributed by atoms with E-state index in [1.807, 2.05) is 23.5 Å². The number of furan rings is 1. The number of hydrogen-bond donors (Lipinski definition) is 0. The van der Waals surface area contributed by atoms with Crippen molar-refractivity contribution in [2.45, 2.75) is 0 Å². The van der Waals surface area contributed by atoms with Gasteiger partial charge in [0.05, 0.1) is 16.8 Å². The predicted molar refractivity (Wildman–Crippen MR) is 167 cm³/mol. The zero-order valence-corrected chi connectivity index (χ0v) is 21.9. The molecule has 0 N–H and O–H groups in total. The smallest absolute Gasteiger partial charge is 0.137 e. The highest BCUT2D eigenvalue weighted by atomic mass is 32.1. The largest absolute Gasteiger partial charge is 0.456 e. The van der Waals surface area contributed by atoms with Gasteiger partial charge in [-0.15, -0.1) is 11.3 Å². The van der Waals surface area contributed by atoms with Gasteiger partial charge in [0.1, 0.15) is 11.2 Å². The fourth-order valence-electron chi connectivity index (χ4n) is 5.82. The molecule has 0 unspecified atom stereocenters. The molecule has 2 heterocycles. The second-order valence-corrected chi connectivity index (χ2v) is 10.8. The lowest BCUT2D eigenvalue weighted by atomic mass is 9.96. The Morgan fingerprint density at radius 3 is 2.00 bits per heavy atom. The molecule has 0 aliphatic carbocycles. The molecule has 3 heteroatoms. The summed E-state index contributed by atoms with van der Waals surface area (Å²) in [7, 11) is 0. The number of thiophene rings is 1. The van der Waals surface area contributed by atoms with Crippen LogP contribution in [0.5, 0.6) is 0 Å². The Morgan fingerprint density at radius 1 is 0.436 bits per heavy atom. The third-order valence-corrected chi connectivity index (χ3v) is 8.61. The van der Waals surface area contributed by atoms with Crippen LogP contribution in [0.3, 0.4) is 0 Å². The Hall–Kier alpha value is -4.86. The molecule has 0 amide bonds. The number of para-hydroxylation sites is 3. The van der Waals surface area contributed by atoms with Crippen molar-refractivity contribution in [3.63, 3.8) is 0 Å². The van der Waals surface area contributed by atoms with Crippen molar-refractivity contribution >= 4 is 70.5 Å². The molecule has 0 atom stereocenters. The quantitative estimate of drug-likeness (QED) is 0.231. The van der Waals surface area contributed by atoms with Crippen LogP contribution in [-0.2, 0) is 0 Å². The molecule has 0 spiro atoms. The van der Waals surface area contributed by atoms with Crippen LogP contribution in [0, 0.1) is 0 Å². The minimum Gasteiger partial charge on any atom is -0.456 e. The van der Waals surface area contributed by atoms with Gasteiger partial charge >= 0.3 is 0 Å². The summed E-state index contributed by atoms with van der Waals surface area (Å²) in [5.74, 6) is 0. The van der Waals surface area contributed by atoms with Crippen molar-refractivity contribution in [3.8, 4) is 11.1 Å². The molecule has 184 valence electrons. The molecule has 0 fully saturated rings. The lowest BCUT2D eigenvalue weighted by Gasteiger charge is -2.28. The van der Waals surface area contributed by atoms with Crippen LogP contribution in [0.4, 0.5) is 17.1 Å². The first-order valence-electron chi connectivity index (χ1n) is 13.1. The highest BCUT2D eigenvalue weighted by Crippen LogP contribution is 2.48. The summed E-state index contributed by atoms with van der Waals surface area (Å²) in [4.78, 5) is 2.38. The van der Waals surface area contributed by atoms with E-state index < -0.39 is 0 Å². The minimum atomic E-state index is 0.887. The topological polar surface area (TPSA) is 16.4 Å². The summed E-state index contributed by atoms with van der Waals surface area (Å²) in [5.41, 5.74) is 7.55. The minimum absolute atomic E-state index is 0.887. The molecule has 0 aliphatic heterocycles. The number of hydrogen-bond acceptors (Lipinski definition) is 3. The molecule has 6 aromatic carbocycles. The second kappa shape index (κ2) is 8.87. The van der Waals surface area contributed by atoms with Gasteiger partial charge in [0.2, 0.25) is 0 Å². The molecule has 39 heavy (non-hydrogen) atoms. The molecule has 0 radical (unpaired) electrons. The van der Waals surface area contributed by atoms with Crippen molar-refractivity contribution in [2.75, 3.05) is 4.90 Å². The first kappa shape index (κ1) is 22.2. The van der Waals surface area contributed by atoms with E-state index in [9.17, 15) is 0 Å². The normalized spacial score (nSPS) is 11.6. The van der Waals surface area contributed by atoms with Gasteiger partial charge in [-0.05, 0) is 54.1 Å². The second-order valence-electron chi connectivity index (χ2n) is 9.71. The van der Waals surface area contributed by atoms with Gasteiger partial charge in [-0.25, -0.2) is 0 Å². The summed E-state index contributed by atoms with van der Waals surface area (Å²) in [6, 6.07) is 49.4. The fraction of sp³-hybridized carbons (Fsp3) is 0. The molecule has 2 nitrogen and oxygen atoms in total. The van der Waals surface area contributed by atoms with E-state index in [-0.39, 0.29) is 0 Å². The average molecular weight is 518 g/mol. The number of anilines is 3. The van der Waals surface area contributed by atoms with Gasteiger partial charge in [-0.1, -0.05) is 91.0 Å². The van der Waals surface area contributed by atoms with E-state index in [2.05, 4.69) is 132 Å². The molecule has 8 aromatic rings. The van der Waals surface area contributed by atoms with Crippen molar-refractivity contribution in [3.05, 3.63) is 140 Å². The summed E-state index contributed by atoms with van der Waals surface area (Å²) in [6.07, 6.45) is 0. The zero-order valence-electron chi connectivity index (χ0n) is 21.0. The molecular weight excluding hydrogens is 494 g/mol. The van der Waals surface area contributed by atoms with Crippen LogP contribution in [0.15, 0.2) is 144 Å². The van der Waals surface area contributed by atoms with Crippen molar-refractivity contribution in [2.24, 2.45) is 0 Å². The van der Waals surface area contributed by atoms with Crippen molar-refractivity contribution in [1.29, 1.82) is 0 Å². The van der Waals surface area contributed by atoms with Crippen LogP contribution in [0.1, 0.15) is 0 Å².